The van der Waals surface area contributed by atoms with Crippen LogP contribution >= 0.6 is 26.9 Å². The van der Waals surface area contributed by atoms with Crippen molar-refractivity contribution in [3.63, 3.8) is 0 Å². The third-order valence-electron chi connectivity index (χ3n) is 3.51. The van der Waals surface area contributed by atoms with Crippen LogP contribution < -0.4 is 15.9 Å². The minimum Gasteiger partial charge on any atom is 0 e. The Morgan fingerprint density at radius 2 is 0.714 bits per heavy atom. The maximum Gasteiger partial charge on any atom is 0 e. The van der Waals surface area contributed by atoms with Crippen molar-refractivity contribution in [1.82, 2.24) is 0 Å². The van der Waals surface area contributed by atoms with Crippen LogP contribution in [0, 0.1) is 0 Å². The van der Waals surface area contributed by atoms with Gasteiger partial charge in [0.05, 0.1) is 0 Å². The zero-order valence-corrected chi connectivity index (χ0v) is 16.0. The SMILES string of the molecule is I[PH](c1ccccc1)(c1ccccc1)c1ccccc1.[Ag]. The third kappa shape index (κ3) is 3.49. The average molecular weight is 498 g/mol. The minimum absolute atomic E-state index is 0. The molecule has 3 aromatic carbocycles. The number of rotatable bonds is 3. The van der Waals surface area contributed by atoms with Gasteiger partial charge >= 0.3 is 134 Å². The molecule has 0 aliphatic heterocycles. The maximum absolute atomic E-state index is 2.71. The van der Waals surface area contributed by atoms with E-state index in [9.17, 15) is 0 Å². The fourth-order valence-electron chi connectivity index (χ4n) is 2.50. The molecule has 0 atom stereocenters. The summed E-state index contributed by atoms with van der Waals surface area (Å²) in [5.74, 6) is 0. The summed E-state index contributed by atoms with van der Waals surface area (Å²) in [5.41, 5.74) is 0. The van der Waals surface area contributed by atoms with Crippen molar-refractivity contribution in [3.05, 3.63) is 91.0 Å². The zero-order valence-electron chi connectivity index (χ0n) is 11.3. The fourth-order valence-corrected chi connectivity index (χ4v) is 8.70. The molecule has 0 unspecified atom stereocenters. The fraction of sp³-hybridized carbons (Fsp3) is 0. The van der Waals surface area contributed by atoms with Crippen LogP contribution in [-0.2, 0) is 22.4 Å². The Labute approximate surface area is 155 Å². The van der Waals surface area contributed by atoms with E-state index in [0.717, 1.165) is 0 Å². The van der Waals surface area contributed by atoms with E-state index in [-0.39, 0.29) is 22.4 Å². The van der Waals surface area contributed by atoms with E-state index in [1.165, 1.54) is 15.9 Å². The first kappa shape index (κ1) is 16.9. The molecule has 3 aromatic rings. The van der Waals surface area contributed by atoms with Crippen LogP contribution in [0.4, 0.5) is 0 Å². The Hall–Kier alpha value is -0.440. The van der Waals surface area contributed by atoms with E-state index in [2.05, 4.69) is 113 Å². The Kier molecular flexibility index (Phi) is 6.21. The van der Waals surface area contributed by atoms with Gasteiger partial charge in [0.1, 0.15) is 0 Å². The number of benzene rings is 3. The van der Waals surface area contributed by atoms with Crippen LogP contribution in [0.3, 0.4) is 0 Å². The number of halogens is 1. The van der Waals surface area contributed by atoms with Crippen molar-refractivity contribution >= 4 is 42.9 Å². The molecule has 0 fully saturated rings. The molecule has 0 nitrogen and oxygen atoms in total. The van der Waals surface area contributed by atoms with Gasteiger partial charge in [0.15, 0.2) is 0 Å². The smallest absolute Gasteiger partial charge is 0 e. The number of hydrogen-bond donors (Lipinski definition) is 0. The van der Waals surface area contributed by atoms with Crippen LogP contribution in [0.2, 0.25) is 0 Å². The molecule has 0 bridgehead atoms. The van der Waals surface area contributed by atoms with Crippen molar-refractivity contribution in [2.24, 2.45) is 0 Å². The Bertz CT molecular complexity index is 575. The Morgan fingerprint density at radius 1 is 0.476 bits per heavy atom. The largest absolute Gasteiger partial charge is 0 e. The van der Waals surface area contributed by atoms with E-state index in [1.54, 1.807) is 0 Å². The molecule has 0 aromatic heterocycles. The van der Waals surface area contributed by atoms with Crippen molar-refractivity contribution in [1.29, 1.82) is 0 Å². The first-order valence-corrected chi connectivity index (χ1v) is 11.8. The van der Waals surface area contributed by atoms with Crippen LogP contribution in [0.25, 0.3) is 0 Å². The van der Waals surface area contributed by atoms with Gasteiger partial charge < -0.3 is 0 Å². The van der Waals surface area contributed by atoms with Crippen LogP contribution in [-0.4, -0.2) is 0 Å². The summed E-state index contributed by atoms with van der Waals surface area (Å²) in [6, 6.07) is 32.7. The van der Waals surface area contributed by atoms with Gasteiger partial charge in [0, 0.05) is 22.4 Å². The van der Waals surface area contributed by atoms with E-state index >= 15 is 0 Å². The van der Waals surface area contributed by atoms with Crippen LogP contribution in [0.15, 0.2) is 91.0 Å². The van der Waals surface area contributed by atoms with Gasteiger partial charge in [0.25, 0.3) is 0 Å². The molecule has 0 saturated heterocycles. The molecule has 0 N–H and O–H groups in total. The topological polar surface area (TPSA) is 0 Å². The molecule has 0 amide bonds. The van der Waals surface area contributed by atoms with E-state index in [4.69, 9.17) is 0 Å². The van der Waals surface area contributed by atoms with Gasteiger partial charge in [-0.05, 0) is 0 Å². The van der Waals surface area contributed by atoms with Gasteiger partial charge in [-0.1, -0.05) is 0 Å². The molecule has 0 aliphatic carbocycles. The summed E-state index contributed by atoms with van der Waals surface area (Å²) in [7, 11) is 0. The second-order valence-electron chi connectivity index (χ2n) is 4.76. The molecular formula is C18H16AgIP. The van der Waals surface area contributed by atoms with E-state index < -0.39 is 4.90 Å². The molecule has 0 spiro atoms. The van der Waals surface area contributed by atoms with E-state index in [1.807, 2.05) is 0 Å². The summed E-state index contributed by atoms with van der Waals surface area (Å²) in [4.78, 5) is -1.91. The predicted octanol–water partition coefficient (Wildman–Crippen LogP) is 4.06. The van der Waals surface area contributed by atoms with Crippen molar-refractivity contribution < 1.29 is 22.4 Å². The van der Waals surface area contributed by atoms with Gasteiger partial charge in [-0.3, -0.25) is 0 Å². The predicted molar refractivity (Wildman–Crippen MR) is 101 cm³/mol. The second kappa shape index (κ2) is 7.71. The maximum atomic E-state index is 2.71. The molecule has 3 rings (SSSR count). The van der Waals surface area contributed by atoms with Gasteiger partial charge in [-0.15, -0.1) is 0 Å². The molecule has 111 valence electrons. The summed E-state index contributed by atoms with van der Waals surface area (Å²) >= 11 is 2.71. The molecule has 3 heteroatoms. The van der Waals surface area contributed by atoms with Crippen molar-refractivity contribution in [3.8, 4) is 0 Å². The van der Waals surface area contributed by atoms with Crippen LogP contribution in [0.1, 0.15) is 0 Å². The monoisotopic (exact) mass is 497 g/mol. The first-order valence-electron chi connectivity index (χ1n) is 6.67. The Morgan fingerprint density at radius 3 is 0.952 bits per heavy atom. The van der Waals surface area contributed by atoms with Crippen molar-refractivity contribution in [2.45, 2.75) is 0 Å². The van der Waals surface area contributed by atoms with Crippen LogP contribution in [0.5, 0.6) is 0 Å². The van der Waals surface area contributed by atoms with Crippen molar-refractivity contribution in [2.75, 3.05) is 0 Å². The second-order valence-corrected chi connectivity index (χ2v) is 12.7. The molecule has 1 radical (unpaired) electrons. The summed E-state index contributed by atoms with van der Waals surface area (Å²) in [5, 5.41) is 4.33. The normalized spacial score (nSPS) is 11.5. The Balaban J connectivity index is 0.00000161. The average Bonchev–Trinajstić information content (AvgIpc) is 2.56. The minimum atomic E-state index is -1.91. The number of hydrogen-bond acceptors (Lipinski definition) is 0. The van der Waals surface area contributed by atoms with E-state index in [0.29, 0.717) is 0 Å². The molecule has 0 heterocycles. The van der Waals surface area contributed by atoms with Gasteiger partial charge in [-0.25, -0.2) is 0 Å². The summed E-state index contributed by atoms with van der Waals surface area (Å²) < 4.78 is 0. The van der Waals surface area contributed by atoms with Gasteiger partial charge in [0.2, 0.25) is 0 Å². The summed E-state index contributed by atoms with van der Waals surface area (Å²) in [6.45, 7) is 0. The van der Waals surface area contributed by atoms with Gasteiger partial charge in [-0.2, -0.15) is 0 Å². The quantitative estimate of drug-likeness (QED) is 0.291. The molecule has 21 heavy (non-hydrogen) atoms. The third-order valence-corrected chi connectivity index (χ3v) is 12.5. The zero-order chi connectivity index (χ0) is 13.8. The standard InChI is InChI=1S/C18H16IP.Ag/c19-20(16-10-4-1-5-11-16,17-12-6-2-7-13-17)18-14-8-3-9-15-18;/h1-15,20H;. The molecule has 0 aliphatic rings. The molecule has 0 saturated carbocycles. The first-order chi connectivity index (χ1) is 9.82. The summed E-state index contributed by atoms with van der Waals surface area (Å²) in [6.07, 6.45) is 0. The molecular weight excluding hydrogens is 482 g/mol.